The number of nitrogens with zero attached hydrogens (tertiary/aromatic N) is 3. The minimum Gasteiger partial charge on any atom is -0.507 e. The molecule has 1 atom stereocenters. The number of likely N-dealkylation sites (N-methyl/N-ethyl adjacent to an activating group) is 1. The van der Waals surface area contributed by atoms with Gasteiger partial charge in [0.2, 0.25) is 0 Å². The van der Waals surface area contributed by atoms with Crippen molar-refractivity contribution < 1.29 is 23.8 Å². The zero-order valence-electron chi connectivity index (χ0n) is 20.0. The fraction of sp³-hybridized carbons (Fsp3) is 0.259. The number of carbonyl (C=O) groups is 2. The fourth-order valence-corrected chi connectivity index (χ4v) is 4.93. The number of anilines is 2. The third-order valence-electron chi connectivity index (χ3n) is 6.68. The average Bonchev–Trinajstić information content (AvgIpc) is 3.51. The lowest BCUT2D eigenvalue weighted by molar-refractivity contribution is -0.132. The van der Waals surface area contributed by atoms with Gasteiger partial charge in [-0.3, -0.25) is 14.5 Å². The molecule has 2 fully saturated rings. The van der Waals surface area contributed by atoms with Crippen LogP contribution in [0.15, 0.2) is 70.9 Å². The van der Waals surface area contributed by atoms with Gasteiger partial charge in [0.15, 0.2) is 0 Å². The molecule has 8 nitrogen and oxygen atoms in total. The van der Waals surface area contributed by atoms with E-state index in [-0.39, 0.29) is 16.4 Å². The molecule has 0 radical (unpaired) electrons. The Morgan fingerprint density at radius 3 is 2.33 bits per heavy atom. The Labute approximate surface area is 213 Å². The van der Waals surface area contributed by atoms with Crippen LogP contribution in [0.2, 0.25) is 5.02 Å². The molecule has 0 spiro atoms. The van der Waals surface area contributed by atoms with Crippen molar-refractivity contribution in [3.63, 3.8) is 0 Å². The number of ether oxygens (including phenoxy) is 1. The minimum absolute atomic E-state index is 0.0701. The van der Waals surface area contributed by atoms with Crippen molar-refractivity contribution in [1.82, 2.24) is 4.90 Å². The average molecular weight is 508 g/mol. The van der Waals surface area contributed by atoms with Crippen LogP contribution in [0.25, 0.3) is 5.76 Å². The summed E-state index contributed by atoms with van der Waals surface area (Å²) in [5.74, 6) is -1.10. The zero-order chi connectivity index (χ0) is 25.4. The summed E-state index contributed by atoms with van der Waals surface area (Å²) in [4.78, 5) is 32.5. The van der Waals surface area contributed by atoms with E-state index in [1.165, 1.54) is 24.3 Å². The van der Waals surface area contributed by atoms with Crippen LogP contribution in [0.5, 0.6) is 5.75 Å². The number of methoxy groups -OCH3 is 1. The number of aliphatic hydroxyl groups is 1. The Morgan fingerprint density at radius 2 is 1.72 bits per heavy atom. The van der Waals surface area contributed by atoms with Crippen molar-refractivity contribution in [1.29, 1.82) is 0 Å². The molecular formula is C27H26ClN3O5. The van der Waals surface area contributed by atoms with E-state index in [9.17, 15) is 14.7 Å². The first-order valence-electron chi connectivity index (χ1n) is 11.6. The second-order valence-corrected chi connectivity index (χ2v) is 9.25. The number of halogens is 1. The Bertz CT molecular complexity index is 1310. The lowest BCUT2D eigenvalue weighted by Crippen LogP contribution is -2.44. The van der Waals surface area contributed by atoms with Crippen LogP contribution in [-0.4, -0.2) is 62.0 Å². The molecule has 1 unspecified atom stereocenters. The summed E-state index contributed by atoms with van der Waals surface area (Å²) in [6, 6.07) is 14.6. The topological polar surface area (TPSA) is 86.5 Å². The first-order valence-corrected chi connectivity index (χ1v) is 12.0. The predicted molar refractivity (Wildman–Crippen MR) is 138 cm³/mol. The molecule has 0 aliphatic carbocycles. The third kappa shape index (κ3) is 4.23. The molecule has 36 heavy (non-hydrogen) atoms. The summed E-state index contributed by atoms with van der Waals surface area (Å²) in [6.07, 6.45) is 1.47. The van der Waals surface area contributed by atoms with Gasteiger partial charge in [0.1, 0.15) is 23.3 Å². The van der Waals surface area contributed by atoms with Crippen molar-refractivity contribution in [2.24, 2.45) is 0 Å². The maximum absolute atomic E-state index is 13.3. The summed E-state index contributed by atoms with van der Waals surface area (Å²) in [7, 11) is 3.59. The Morgan fingerprint density at radius 1 is 1.03 bits per heavy atom. The highest BCUT2D eigenvalue weighted by Crippen LogP contribution is 2.43. The first-order chi connectivity index (χ1) is 17.4. The molecular weight excluding hydrogens is 482 g/mol. The molecule has 2 aliphatic rings. The van der Waals surface area contributed by atoms with E-state index < -0.39 is 17.7 Å². The van der Waals surface area contributed by atoms with E-state index >= 15 is 0 Å². The molecule has 1 aromatic heterocycles. The number of aliphatic hydroxyl groups excluding tert-OH is 1. The van der Waals surface area contributed by atoms with Crippen molar-refractivity contribution in [2.45, 2.75) is 6.04 Å². The molecule has 3 heterocycles. The van der Waals surface area contributed by atoms with Gasteiger partial charge >= 0.3 is 0 Å². The van der Waals surface area contributed by atoms with Gasteiger partial charge in [-0.25, -0.2) is 0 Å². The van der Waals surface area contributed by atoms with E-state index in [0.29, 0.717) is 22.8 Å². The molecule has 2 aliphatic heterocycles. The van der Waals surface area contributed by atoms with Gasteiger partial charge in [-0.2, -0.15) is 0 Å². The molecule has 2 saturated heterocycles. The maximum Gasteiger partial charge on any atom is 0.300 e. The van der Waals surface area contributed by atoms with Gasteiger partial charge < -0.3 is 24.1 Å². The number of hydrogen-bond donors (Lipinski definition) is 1. The zero-order valence-corrected chi connectivity index (χ0v) is 20.7. The number of Topliss-reactive ketones (excluding diaryl/α,β-unsaturated/α-hetero) is 1. The molecule has 1 N–H and O–H groups in total. The Kier molecular flexibility index (Phi) is 6.47. The number of piperazine rings is 1. The second-order valence-electron chi connectivity index (χ2n) is 8.84. The highest BCUT2D eigenvalue weighted by molar-refractivity contribution is 6.51. The first kappa shape index (κ1) is 24.0. The Hall–Kier alpha value is -3.75. The molecule has 186 valence electrons. The van der Waals surface area contributed by atoms with Gasteiger partial charge in [0.25, 0.3) is 11.7 Å². The molecule has 1 amide bonds. The van der Waals surface area contributed by atoms with Gasteiger partial charge in [0, 0.05) is 43.1 Å². The number of carbonyl (C=O) groups excluding carboxylic acids is 2. The summed E-state index contributed by atoms with van der Waals surface area (Å²) in [5, 5.41) is 11.5. The van der Waals surface area contributed by atoms with Gasteiger partial charge in [-0.1, -0.05) is 11.6 Å². The van der Waals surface area contributed by atoms with Crippen LogP contribution in [0.1, 0.15) is 17.4 Å². The number of amides is 1. The van der Waals surface area contributed by atoms with E-state index in [1.54, 1.807) is 24.3 Å². The molecule has 0 saturated carbocycles. The van der Waals surface area contributed by atoms with Crippen molar-refractivity contribution in [3.05, 3.63) is 82.8 Å². The molecule has 2 aromatic carbocycles. The minimum atomic E-state index is -0.935. The van der Waals surface area contributed by atoms with E-state index in [1.807, 2.05) is 24.3 Å². The highest BCUT2D eigenvalue weighted by atomic mass is 35.5. The predicted octanol–water partition coefficient (Wildman–Crippen LogP) is 4.32. The number of rotatable bonds is 5. The molecule has 3 aromatic rings. The molecule has 9 heteroatoms. The van der Waals surface area contributed by atoms with E-state index in [2.05, 4.69) is 16.8 Å². The number of hydrogen-bond acceptors (Lipinski definition) is 7. The quantitative estimate of drug-likeness (QED) is 0.312. The van der Waals surface area contributed by atoms with Crippen LogP contribution in [0.3, 0.4) is 0 Å². The highest BCUT2D eigenvalue weighted by Gasteiger charge is 2.48. The number of ketones is 1. The summed E-state index contributed by atoms with van der Waals surface area (Å²) in [6.45, 7) is 3.78. The lowest BCUT2D eigenvalue weighted by Gasteiger charge is -2.34. The number of benzene rings is 2. The van der Waals surface area contributed by atoms with E-state index in [0.717, 1.165) is 31.9 Å². The summed E-state index contributed by atoms with van der Waals surface area (Å²) >= 11 is 6.25. The van der Waals surface area contributed by atoms with Gasteiger partial charge in [-0.15, -0.1) is 0 Å². The van der Waals surface area contributed by atoms with Crippen LogP contribution in [0, 0.1) is 0 Å². The van der Waals surface area contributed by atoms with E-state index in [4.69, 9.17) is 20.8 Å². The normalized spacial score (nSPS) is 20.2. The smallest absolute Gasteiger partial charge is 0.300 e. The molecule has 0 bridgehead atoms. The largest absolute Gasteiger partial charge is 0.507 e. The van der Waals surface area contributed by atoms with Crippen LogP contribution in [-0.2, 0) is 9.59 Å². The van der Waals surface area contributed by atoms with Crippen molar-refractivity contribution in [2.75, 3.05) is 50.1 Å². The standard InChI is InChI=1S/C27H26ClN3O5/c1-29-11-13-30(14-12-29)18-6-8-19(9-7-18)31-24(22-4-3-15-36-22)23(26(33)27(31)34)25(32)17-5-10-21(35-2)20(28)16-17/h3-10,15-16,24,32H,11-14H2,1-2H3/b25-23-. The van der Waals surface area contributed by atoms with Crippen molar-refractivity contribution in [3.8, 4) is 5.75 Å². The molecule has 5 rings (SSSR count). The third-order valence-corrected chi connectivity index (χ3v) is 6.97. The second kappa shape index (κ2) is 9.72. The van der Waals surface area contributed by atoms with Crippen molar-refractivity contribution >= 4 is 40.4 Å². The van der Waals surface area contributed by atoms with Crippen LogP contribution in [0.4, 0.5) is 11.4 Å². The SMILES string of the molecule is COc1ccc(/C(O)=C2/C(=O)C(=O)N(c3ccc(N4CCN(C)CC4)cc3)C2c2ccco2)cc1Cl. The lowest BCUT2D eigenvalue weighted by atomic mass is 9.99. The fourth-order valence-electron chi connectivity index (χ4n) is 4.67. The van der Waals surface area contributed by atoms with Crippen LogP contribution < -0.4 is 14.5 Å². The summed E-state index contributed by atoms with van der Waals surface area (Å²) < 4.78 is 10.8. The number of furan rings is 1. The van der Waals surface area contributed by atoms with Gasteiger partial charge in [0.05, 0.1) is 24.0 Å². The summed E-state index contributed by atoms with van der Waals surface area (Å²) in [5.41, 5.74) is 1.80. The maximum atomic E-state index is 13.3. The Balaban J connectivity index is 1.55. The monoisotopic (exact) mass is 507 g/mol. The van der Waals surface area contributed by atoms with Gasteiger partial charge in [-0.05, 0) is 61.6 Å². The van der Waals surface area contributed by atoms with Crippen LogP contribution >= 0.6 is 11.6 Å².